The number of aliphatic hydroxyl groups excluding tert-OH is 1. The number of likely N-dealkylation sites (tertiary alicyclic amines) is 1. The molecule has 4 unspecified atom stereocenters. The van der Waals surface area contributed by atoms with E-state index in [0.29, 0.717) is 6.42 Å². The topological polar surface area (TPSA) is 104 Å². The highest BCUT2D eigenvalue weighted by Crippen LogP contribution is 2.25. The average molecular weight is 240 g/mol. The Labute approximate surface area is 98.7 Å². The van der Waals surface area contributed by atoms with Gasteiger partial charge in [0, 0.05) is 19.0 Å². The Kier molecular flexibility index (Phi) is 3.17. The summed E-state index contributed by atoms with van der Waals surface area (Å²) in [6.45, 7) is 0.0926. The fourth-order valence-corrected chi connectivity index (χ4v) is 2.41. The first-order valence-corrected chi connectivity index (χ1v) is 5.64. The molecule has 4 N–H and O–H groups in total. The zero-order chi connectivity index (χ0) is 12.6. The molecule has 0 saturated carbocycles. The molecule has 17 heavy (non-hydrogen) atoms. The lowest BCUT2D eigenvalue weighted by molar-refractivity contribution is -0.149. The summed E-state index contributed by atoms with van der Waals surface area (Å²) in [5.41, 5.74) is 5.66. The number of rotatable bonds is 2. The zero-order valence-electron chi connectivity index (χ0n) is 9.32. The maximum absolute atomic E-state index is 12.1. The van der Waals surface area contributed by atoms with Crippen LogP contribution in [0.2, 0.25) is 0 Å². The third kappa shape index (κ3) is 2.32. The lowest BCUT2D eigenvalue weighted by Crippen LogP contribution is -2.43. The molecule has 1 amide bonds. The molecule has 0 aromatic heterocycles. The average Bonchev–Trinajstić information content (AvgIpc) is 2.83. The Morgan fingerprint density at radius 3 is 2.53 bits per heavy atom. The van der Waals surface area contributed by atoms with Gasteiger partial charge >= 0.3 is 5.97 Å². The molecule has 6 nitrogen and oxygen atoms in total. The van der Waals surface area contributed by atoms with E-state index in [9.17, 15) is 14.7 Å². The predicted octanol–water partition coefficient (Wildman–Crippen LogP) is -1.06. The van der Waals surface area contributed by atoms with Crippen molar-refractivity contribution in [2.45, 2.75) is 31.0 Å². The van der Waals surface area contributed by atoms with Crippen molar-refractivity contribution in [3.63, 3.8) is 0 Å². The molecule has 0 aromatic carbocycles. The first-order chi connectivity index (χ1) is 7.99. The van der Waals surface area contributed by atoms with E-state index >= 15 is 0 Å². The highest BCUT2D eigenvalue weighted by atomic mass is 16.4. The van der Waals surface area contributed by atoms with Crippen LogP contribution >= 0.6 is 0 Å². The van der Waals surface area contributed by atoms with Crippen LogP contribution in [-0.4, -0.2) is 51.7 Å². The number of β-amino-alcohol motifs (C(OH)–C–C–N with tert-alkyl or cyclic N) is 1. The fraction of sp³-hybridized carbons (Fsp3) is 0.636. The molecule has 1 heterocycles. The van der Waals surface area contributed by atoms with Gasteiger partial charge in [-0.1, -0.05) is 12.2 Å². The first kappa shape index (κ1) is 12.1. The van der Waals surface area contributed by atoms with Gasteiger partial charge in [-0.2, -0.15) is 0 Å². The number of carbonyl (C=O) groups excluding carboxylic acids is 1. The van der Waals surface area contributed by atoms with Gasteiger partial charge in [-0.3, -0.25) is 4.79 Å². The van der Waals surface area contributed by atoms with Crippen molar-refractivity contribution in [2.75, 3.05) is 6.54 Å². The van der Waals surface area contributed by atoms with Crippen LogP contribution < -0.4 is 5.73 Å². The third-order valence-corrected chi connectivity index (χ3v) is 3.28. The lowest BCUT2D eigenvalue weighted by Gasteiger charge is -2.24. The van der Waals surface area contributed by atoms with E-state index in [4.69, 9.17) is 10.8 Å². The zero-order valence-corrected chi connectivity index (χ0v) is 9.32. The van der Waals surface area contributed by atoms with Crippen molar-refractivity contribution in [3.05, 3.63) is 12.2 Å². The van der Waals surface area contributed by atoms with E-state index in [0.717, 1.165) is 0 Å². The summed E-state index contributed by atoms with van der Waals surface area (Å²) in [7, 11) is 0. The number of carboxylic acids is 1. The van der Waals surface area contributed by atoms with E-state index in [1.807, 2.05) is 0 Å². The molecule has 1 saturated heterocycles. The van der Waals surface area contributed by atoms with Crippen LogP contribution in [-0.2, 0) is 9.59 Å². The molecule has 0 aromatic rings. The molecule has 0 spiro atoms. The van der Waals surface area contributed by atoms with Gasteiger partial charge < -0.3 is 20.8 Å². The molecule has 1 fully saturated rings. The number of carboxylic acid groups (broad SMARTS) is 1. The molecule has 1 aliphatic carbocycles. The van der Waals surface area contributed by atoms with Crippen LogP contribution in [0, 0.1) is 5.92 Å². The quantitative estimate of drug-likeness (QED) is 0.533. The van der Waals surface area contributed by atoms with Gasteiger partial charge in [0.25, 0.3) is 0 Å². The second-order valence-electron chi connectivity index (χ2n) is 4.63. The highest BCUT2D eigenvalue weighted by molar-refractivity contribution is 5.87. The Balaban J connectivity index is 2.08. The van der Waals surface area contributed by atoms with Crippen LogP contribution in [0.5, 0.6) is 0 Å². The van der Waals surface area contributed by atoms with Gasteiger partial charge in [0.1, 0.15) is 6.04 Å². The maximum atomic E-state index is 12.1. The molecule has 2 rings (SSSR count). The normalized spacial score (nSPS) is 36.5. The van der Waals surface area contributed by atoms with Gasteiger partial charge in [-0.05, 0) is 6.42 Å². The monoisotopic (exact) mass is 240 g/mol. The number of hydrogen-bond donors (Lipinski definition) is 3. The summed E-state index contributed by atoms with van der Waals surface area (Å²) in [5, 5.41) is 18.5. The number of nitrogens with two attached hydrogens (primary N) is 1. The van der Waals surface area contributed by atoms with E-state index in [-0.39, 0.29) is 30.8 Å². The maximum Gasteiger partial charge on any atom is 0.326 e. The number of aliphatic hydroxyl groups is 1. The third-order valence-electron chi connectivity index (χ3n) is 3.28. The molecule has 6 heteroatoms. The number of carbonyl (C=O) groups is 2. The number of amides is 1. The predicted molar refractivity (Wildman–Crippen MR) is 59.0 cm³/mol. The second kappa shape index (κ2) is 4.46. The number of aliphatic carboxylic acids is 1. The van der Waals surface area contributed by atoms with Crippen LogP contribution in [0.25, 0.3) is 0 Å². The lowest BCUT2D eigenvalue weighted by atomic mass is 10.1. The fourth-order valence-electron chi connectivity index (χ4n) is 2.41. The van der Waals surface area contributed by atoms with E-state index < -0.39 is 18.1 Å². The van der Waals surface area contributed by atoms with E-state index in [1.165, 1.54) is 4.90 Å². The summed E-state index contributed by atoms with van der Waals surface area (Å²) in [5.74, 6) is -1.67. The van der Waals surface area contributed by atoms with Gasteiger partial charge in [0.05, 0.1) is 12.0 Å². The summed E-state index contributed by atoms with van der Waals surface area (Å²) in [6, 6.07) is -1.05. The van der Waals surface area contributed by atoms with Crippen molar-refractivity contribution >= 4 is 11.9 Å². The molecular weight excluding hydrogens is 224 g/mol. The van der Waals surface area contributed by atoms with Crippen molar-refractivity contribution < 1.29 is 19.8 Å². The minimum atomic E-state index is -1.07. The van der Waals surface area contributed by atoms with Gasteiger partial charge in [0.15, 0.2) is 0 Å². The molecule has 0 radical (unpaired) electrons. The van der Waals surface area contributed by atoms with Crippen LogP contribution in [0.1, 0.15) is 12.8 Å². The summed E-state index contributed by atoms with van der Waals surface area (Å²) < 4.78 is 0. The minimum absolute atomic E-state index is 0.0926. The summed E-state index contributed by atoms with van der Waals surface area (Å²) in [6.07, 6.45) is 3.34. The van der Waals surface area contributed by atoms with Crippen LogP contribution in [0.15, 0.2) is 12.2 Å². The molecule has 1 aliphatic heterocycles. The van der Waals surface area contributed by atoms with Crippen molar-refractivity contribution in [1.29, 1.82) is 0 Å². The summed E-state index contributed by atoms with van der Waals surface area (Å²) in [4.78, 5) is 24.3. The standard InChI is InChI=1S/C11H16N2O4/c12-7-2-1-6(3-7)10(15)13-5-8(14)4-9(13)11(16)17/h1-2,6-9,14H,3-5,12H2,(H,16,17). The van der Waals surface area contributed by atoms with Crippen molar-refractivity contribution in [3.8, 4) is 0 Å². The van der Waals surface area contributed by atoms with E-state index in [1.54, 1.807) is 12.2 Å². The molecule has 94 valence electrons. The van der Waals surface area contributed by atoms with Gasteiger partial charge in [0.2, 0.25) is 5.91 Å². The van der Waals surface area contributed by atoms with Crippen LogP contribution in [0.4, 0.5) is 0 Å². The van der Waals surface area contributed by atoms with Gasteiger partial charge in [-0.15, -0.1) is 0 Å². The summed E-state index contributed by atoms with van der Waals surface area (Å²) >= 11 is 0. The van der Waals surface area contributed by atoms with E-state index in [2.05, 4.69) is 0 Å². The molecule has 2 aliphatic rings. The number of nitrogens with zero attached hydrogens (tertiary/aromatic N) is 1. The number of hydrogen-bond acceptors (Lipinski definition) is 4. The van der Waals surface area contributed by atoms with Crippen molar-refractivity contribution in [1.82, 2.24) is 4.90 Å². The Bertz CT molecular complexity index is 368. The second-order valence-corrected chi connectivity index (χ2v) is 4.63. The minimum Gasteiger partial charge on any atom is -0.480 e. The Morgan fingerprint density at radius 1 is 1.29 bits per heavy atom. The molecule has 0 bridgehead atoms. The smallest absolute Gasteiger partial charge is 0.326 e. The Hall–Kier alpha value is -1.40. The van der Waals surface area contributed by atoms with Crippen molar-refractivity contribution in [2.24, 2.45) is 11.7 Å². The van der Waals surface area contributed by atoms with Gasteiger partial charge in [-0.25, -0.2) is 4.79 Å². The Morgan fingerprint density at radius 2 is 2.00 bits per heavy atom. The molecule has 4 atom stereocenters. The van der Waals surface area contributed by atoms with Crippen LogP contribution in [0.3, 0.4) is 0 Å². The SMILES string of the molecule is NC1C=CC(C(=O)N2CC(O)CC2C(=O)O)C1. The highest BCUT2D eigenvalue weighted by Gasteiger charge is 2.41. The largest absolute Gasteiger partial charge is 0.480 e. The molecular formula is C11H16N2O4. The first-order valence-electron chi connectivity index (χ1n) is 5.64.